The monoisotopic (exact) mass is 534 g/mol. The number of Topliss-reactive ketones (excluding diaryl/α,β-unsaturated/α-hetero) is 1. The number of aromatic nitrogens is 2. The van der Waals surface area contributed by atoms with Gasteiger partial charge in [0.1, 0.15) is 22.9 Å². The summed E-state index contributed by atoms with van der Waals surface area (Å²) in [5, 5.41) is 18.1. The molecule has 0 unspecified atom stereocenters. The van der Waals surface area contributed by atoms with Crippen molar-refractivity contribution < 1.29 is 27.7 Å². The van der Waals surface area contributed by atoms with Crippen LogP contribution in [0.4, 0.5) is 8.78 Å². The molecule has 2 aromatic heterocycles. The summed E-state index contributed by atoms with van der Waals surface area (Å²) in [6.45, 7) is 6.22. The molecule has 1 atom stereocenters. The second kappa shape index (κ2) is 10.7. The highest BCUT2D eigenvalue weighted by Gasteiger charge is 2.48. The van der Waals surface area contributed by atoms with E-state index in [1.165, 1.54) is 26.8 Å². The molecule has 0 spiro atoms. The van der Waals surface area contributed by atoms with Gasteiger partial charge in [-0.3, -0.25) is 4.79 Å². The Morgan fingerprint density at radius 2 is 1.92 bits per heavy atom. The minimum absolute atomic E-state index is 0.0121. The fourth-order valence-electron chi connectivity index (χ4n) is 4.48. The number of ketones is 1. The molecule has 1 aliphatic carbocycles. The SMILES string of the molecule is Cc1ccc(CC(=O)C[C@H](CCCO)c2onc(-c3cc(C(F)(F)C(C)(C)C)on3)c2C2CC2)c(Cl)c1. The highest BCUT2D eigenvalue weighted by molar-refractivity contribution is 6.31. The van der Waals surface area contributed by atoms with E-state index in [9.17, 15) is 18.7 Å². The van der Waals surface area contributed by atoms with E-state index in [-0.39, 0.29) is 42.8 Å². The van der Waals surface area contributed by atoms with Crippen LogP contribution < -0.4 is 0 Å². The van der Waals surface area contributed by atoms with Gasteiger partial charge in [0.2, 0.25) is 5.76 Å². The van der Waals surface area contributed by atoms with Crippen LogP contribution in [0.15, 0.2) is 33.3 Å². The fraction of sp³-hybridized carbons (Fsp3) is 0.536. The van der Waals surface area contributed by atoms with E-state index in [2.05, 4.69) is 10.3 Å². The second-order valence-electron chi connectivity index (χ2n) is 11.1. The number of aliphatic hydroxyl groups excluding tert-OH is 1. The van der Waals surface area contributed by atoms with Gasteiger partial charge in [-0.15, -0.1) is 0 Å². The number of carbonyl (C=O) groups excluding carboxylic acids is 1. The summed E-state index contributed by atoms with van der Waals surface area (Å²) in [5.74, 6) is -3.37. The van der Waals surface area contributed by atoms with E-state index in [1.54, 1.807) is 0 Å². The normalized spacial score (nSPS) is 15.2. The Bertz CT molecular complexity index is 1260. The van der Waals surface area contributed by atoms with Gasteiger partial charge in [0.25, 0.3) is 0 Å². The standard InChI is InChI=1S/C28H33ClF2N2O4/c1-16-7-8-18(21(29)12-16)13-20(35)14-19(6-5-11-34)26-24(17-9-10-17)25(33-37-26)22-15-23(36-32-22)28(30,31)27(2,3)4/h7-8,12,15,17,19,34H,5-6,9-11,13-14H2,1-4H3/t19-/m0/s1. The Labute approximate surface area is 220 Å². The van der Waals surface area contributed by atoms with Crippen molar-refractivity contribution in [1.82, 2.24) is 10.3 Å². The number of halogens is 3. The lowest BCUT2D eigenvalue weighted by molar-refractivity contribution is -0.122. The van der Waals surface area contributed by atoms with Gasteiger partial charge in [-0.05, 0) is 55.7 Å². The molecule has 9 heteroatoms. The first kappa shape index (κ1) is 27.5. The molecule has 1 fully saturated rings. The maximum Gasteiger partial charge on any atom is 0.312 e. The minimum Gasteiger partial charge on any atom is -0.396 e. The first-order chi connectivity index (χ1) is 17.4. The summed E-state index contributed by atoms with van der Waals surface area (Å²) in [4.78, 5) is 13.1. The van der Waals surface area contributed by atoms with E-state index in [4.69, 9.17) is 20.6 Å². The fourth-order valence-corrected chi connectivity index (χ4v) is 4.78. The largest absolute Gasteiger partial charge is 0.396 e. The lowest BCUT2D eigenvalue weighted by Gasteiger charge is -2.27. The molecule has 0 aliphatic heterocycles. The van der Waals surface area contributed by atoms with Crippen molar-refractivity contribution >= 4 is 17.4 Å². The van der Waals surface area contributed by atoms with Crippen molar-refractivity contribution in [2.75, 3.05) is 6.61 Å². The Morgan fingerprint density at radius 1 is 1.19 bits per heavy atom. The Balaban J connectivity index is 1.62. The van der Waals surface area contributed by atoms with Crippen LogP contribution in [0.3, 0.4) is 0 Å². The van der Waals surface area contributed by atoms with Gasteiger partial charge in [0.15, 0.2) is 0 Å². The zero-order chi connectivity index (χ0) is 27.0. The summed E-state index contributed by atoms with van der Waals surface area (Å²) in [7, 11) is 0. The summed E-state index contributed by atoms with van der Waals surface area (Å²) in [6.07, 6.45) is 3.18. The third kappa shape index (κ3) is 5.96. The number of aryl methyl sites for hydroxylation is 1. The molecule has 2 heterocycles. The lowest BCUT2D eigenvalue weighted by atomic mass is 9.86. The van der Waals surface area contributed by atoms with Crippen molar-refractivity contribution in [3.05, 3.63) is 57.5 Å². The first-order valence-electron chi connectivity index (χ1n) is 12.6. The highest BCUT2D eigenvalue weighted by atomic mass is 35.5. The molecule has 4 rings (SSSR count). The number of hydrogen-bond donors (Lipinski definition) is 1. The average molecular weight is 535 g/mol. The van der Waals surface area contributed by atoms with Crippen LogP contribution in [-0.4, -0.2) is 27.8 Å². The first-order valence-corrected chi connectivity index (χ1v) is 13.0. The number of benzene rings is 1. The summed E-state index contributed by atoms with van der Waals surface area (Å²) < 4.78 is 40.6. The number of aliphatic hydroxyl groups is 1. The van der Waals surface area contributed by atoms with E-state index >= 15 is 0 Å². The van der Waals surface area contributed by atoms with E-state index in [0.29, 0.717) is 29.3 Å². The molecule has 6 nitrogen and oxygen atoms in total. The molecule has 1 aromatic carbocycles. The molecule has 1 saturated carbocycles. The van der Waals surface area contributed by atoms with Gasteiger partial charge in [0, 0.05) is 47.4 Å². The molecule has 0 amide bonds. The molecular formula is C28H33ClF2N2O4. The van der Waals surface area contributed by atoms with Crippen molar-refractivity contribution in [3.63, 3.8) is 0 Å². The third-order valence-corrected chi connectivity index (χ3v) is 7.25. The molecule has 3 aromatic rings. The molecule has 1 aliphatic rings. The summed E-state index contributed by atoms with van der Waals surface area (Å²) >= 11 is 6.34. The zero-order valence-electron chi connectivity index (χ0n) is 21.6. The van der Waals surface area contributed by atoms with Crippen LogP contribution in [0.2, 0.25) is 5.02 Å². The van der Waals surface area contributed by atoms with Gasteiger partial charge in [0.05, 0.1) is 0 Å². The van der Waals surface area contributed by atoms with Gasteiger partial charge in [-0.25, -0.2) is 0 Å². The molecular weight excluding hydrogens is 502 g/mol. The topological polar surface area (TPSA) is 89.4 Å². The molecule has 200 valence electrons. The number of alkyl halides is 2. The van der Waals surface area contributed by atoms with Crippen LogP contribution in [0.1, 0.15) is 92.9 Å². The molecule has 0 saturated heterocycles. The van der Waals surface area contributed by atoms with Gasteiger partial charge >= 0.3 is 5.92 Å². The molecule has 0 bridgehead atoms. The molecule has 0 radical (unpaired) electrons. The van der Waals surface area contributed by atoms with Crippen LogP contribution in [-0.2, 0) is 17.1 Å². The van der Waals surface area contributed by atoms with Crippen LogP contribution >= 0.6 is 11.6 Å². The molecule has 1 N–H and O–H groups in total. The number of hydrogen-bond acceptors (Lipinski definition) is 6. The zero-order valence-corrected chi connectivity index (χ0v) is 22.4. The highest BCUT2D eigenvalue weighted by Crippen LogP contribution is 2.50. The predicted octanol–water partition coefficient (Wildman–Crippen LogP) is 7.36. The van der Waals surface area contributed by atoms with Crippen LogP contribution in [0, 0.1) is 12.3 Å². The summed E-state index contributed by atoms with van der Waals surface area (Å²) in [5.41, 5.74) is 1.78. The van der Waals surface area contributed by atoms with E-state index in [1.807, 2.05) is 25.1 Å². The number of rotatable bonds is 11. The van der Waals surface area contributed by atoms with Crippen molar-refractivity contribution in [1.29, 1.82) is 0 Å². The average Bonchev–Trinajstić information content (AvgIpc) is 3.36. The maximum absolute atomic E-state index is 14.9. The summed E-state index contributed by atoms with van der Waals surface area (Å²) in [6, 6.07) is 6.83. The van der Waals surface area contributed by atoms with Gasteiger partial charge in [-0.1, -0.05) is 54.8 Å². The Morgan fingerprint density at radius 3 is 2.54 bits per heavy atom. The van der Waals surface area contributed by atoms with E-state index in [0.717, 1.165) is 29.5 Å². The minimum atomic E-state index is -3.22. The van der Waals surface area contributed by atoms with Gasteiger partial charge < -0.3 is 14.2 Å². The molecule has 37 heavy (non-hydrogen) atoms. The maximum atomic E-state index is 14.9. The van der Waals surface area contributed by atoms with Crippen molar-refractivity contribution in [3.8, 4) is 11.4 Å². The van der Waals surface area contributed by atoms with Crippen molar-refractivity contribution in [2.45, 2.75) is 84.0 Å². The number of carbonyl (C=O) groups is 1. The smallest absolute Gasteiger partial charge is 0.312 e. The lowest BCUT2D eigenvalue weighted by Crippen LogP contribution is -2.30. The third-order valence-electron chi connectivity index (χ3n) is 6.90. The predicted molar refractivity (Wildman–Crippen MR) is 136 cm³/mol. The van der Waals surface area contributed by atoms with Crippen LogP contribution in [0.25, 0.3) is 11.4 Å². The Kier molecular flexibility index (Phi) is 7.91. The quantitative estimate of drug-likeness (QED) is 0.276. The Hall–Kier alpha value is -2.58. The van der Waals surface area contributed by atoms with Gasteiger partial charge in [-0.2, -0.15) is 8.78 Å². The van der Waals surface area contributed by atoms with Crippen LogP contribution in [0.5, 0.6) is 0 Å². The second-order valence-corrected chi connectivity index (χ2v) is 11.5. The van der Waals surface area contributed by atoms with E-state index < -0.39 is 17.1 Å². The van der Waals surface area contributed by atoms with Crippen molar-refractivity contribution in [2.24, 2.45) is 5.41 Å². The number of nitrogens with zero attached hydrogens (tertiary/aromatic N) is 2.